The number of hydrogen-bond acceptors (Lipinski definition) is 7. The minimum Gasteiger partial charge on any atom is -0.493 e. The van der Waals surface area contributed by atoms with Crippen molar-refractivity contribution in [2.45, 2.75) is 0 Å². The molecule has 0 unspecified atom stereocenters. The van der Waals surface area contributed by atoms with Crippen LogP contribution in [0.2, 0.25) is 0 Å². The number of nitriles is 1. The summed E-state index contributed by atoms with van der Waals surface area (Å²) >= 11 is 0. The first-order chi connectivity index (χ1) is 16.1. The molecule has 0 aliphatic carbocycles. The minimum atomic E-state index is -0.401. The topological polar surface area (TPSA) is 123 Å². The molecule has 1 amide bonds. The fraction of sp³-hybridized carbons (Fsp3) is 0.174. The third-order valence-electron chi connectivity index (χ3n) is 4.89. The molecule has 0 spiro atoms. The van der Waals surface area contributed by atoms with E-state index in [1.54, 1.807) is 24.3 Å². The zero-order valence-electron chi connectivity index (χ0n) is 18.2. The van der Waals surface area contributed by atoms with Crippen molar-refractivity contribution in [3.8, 4) is 40.3 Å². The highest BCUT2D eigenvalue weighted by Crippen LogP contribution is 2.42. The van der Waals surface area contributed by atoms with Gasteiger partial charge >= 0.3 is 0 Å². The van der Waals surface area contributed by atoms with Crippen molar-refractivity contribution in [1.29, 1.82) is 5.26 Å². The number of anilines is 1. The number of aromatic amines is 1. The smallest absolute Gasteiger partial charge is 0.263 e. The molecule has 4 aromatic rings. The number of aromatic nitrogens is 3. The molecule has 2 heterocycles. The van der Waals surface area contributed by atoms with Crippen molar-refractivity contribution >= 4 is 17.4 Å². The number of fused-ring (bicyclic) bond motifs is 1. The lowest BCUT2D eigenvalue weighted by Gasteiger charge is -2.14. The van der Waals surface area contributed by atoms with Crippen LogP contribution in [0.25, 0.3) is 16.9 Å². The largest absolute Gasteiger partial charge is 0.493 e. The summed E-state index contributed by atoms with van der Waals surface area (Å²) in [5.74, 6) is 1.78. The summed E-state index contributed by atoms with van der Waals surface area (Å²) in [4.78, 5) is 17.3. The van der Waals surface area contributed by atoms with Gasteiger partial charge in [0.1, 0.15) is 23.1 Å². The zero-order valence-corrected chi connectivity index (χ0v) is 18.2. The van der Waals surface area contributed by atoms with Crippen LogP contribution < -0.4 is 24.3 Å². The number of nitrogens with one attached hydrogen (secondary N) is 2. The van der Waals surface area contributed by atoms with Gasteiger partial charge in [0.2, 0.25) is 5.75 Å². The highest BCUT2D eigenvalue weighted by atomic mass is 16.5. The van der Waals surface area contributed by atoms with Gasteiger partial charge in [0.05, 0.1) is 21.3 Å². The quantitative estimate of drug-likeness (QED) is 0.425. The summed E-state index contributed by atoms with van der Waals surface area (Å²) in [6.45, 7) is -0.211. The molecule has 168 valence electrons. The molecule has 0 aliphatic heterocycles. The summed E-state index contributed by atoms with van der Waals surface area (Å²) in [6, 6.07) is 14.5. The SMILES string of the molecule is COc1cc(-c2nc3c(C#N)c[nH]n3c2NC(=O)COc2ccccc2)cc(OC)c1OC. The highest BCUT2D eigenvalue weighted by molar-refractivity contribution is 5.96. The van der Waals surface area contributed by atoms with E-state index in [0.717, 1.165) is 0 Å². The maximum Gasteiger partial charge on any atom is 0.263 e. The number of hydrogen-bond donors (Lipinski definition) is 2. The normalized spacial score (nSPS) is 10.5. The van der Waals surface area contributed by atoms with Crippen molar-refractivity contribution in [2.24, 2.45) is 0 Å². The number of amides is 1. The Morgan fingerprint density at radius 1 is 1.12 bits per heavy atom. The van der Waals surface area contributed by atoms with E-state index in [9.17, 15) is 10.1 Å². The van der Waals surface area contributed by atoms with Crippen molar-refractivity contribution in [3.05, 3.63) is 54.2 Å². The summed E-state index contributed by atoms with van der Waals surface area (Å²) < 4.78 is 23.3. The van der Waals surface area contributed by atoms with Gasteiger partial charge in [-0.1, -0.05) is 18.2 Å². The number of ether oxygens (including phenoxy) is 4. The van der Waals surface area contributed by atoms with Gasteiger partial charge in [-0.25, -0.2) is 9.50 Å². The molecule has 2 aromatic carbocycles. The van der Waals surface area contributed by atoms with E-state index in [-0.39, 0.29) is 6.61 Å². The van der Waals surface area contributed by atoms with Gasteiger partial charge in [-0.05, 0) is 24.3 Å². The van der Waals surface area contributed by atoms with E-state index in [0.29, 0.717) is 51.3 Å². The average Bonchev–Trinajstić information content (AvgIpc) is 3.42. The molecule has 4 rings (SSSR count). The standard InChI is InChI=1S/C23H21N5O5/c1-30-17-9-14(10-18(31-2)21(17)32-3)20-23(28-22(27-20)15(11-24)12-25-28)26-19(29)13-33-16-7-5-4-6-8-16/h4-10,12,25H,13H2,1-3H3,(H,26,29). The van der Waals surface area contributed by atoms with Gasteiger partial charge < -0.3 is 24.3 Å². The van der Waals surface area contributed by atoms with Crippen LogP contribution in [0.15, 0.2) is 48.7 Å². The van der Waals surface area contributed by atoms with E-state index in [4.69, 9.17) is 18.9 Å². The summed E-state index contributed by atoms with van der Waals surface area (Å²) in [7, 11) is 4.53. The van der Waals surface area contributed by atoms with Gasteiger partial charge in [-0.2, -0.15) is 5.26 Å². The lowest BCUT2D eigenvalue weighted by Crippen LogP contribution is -2.21. The van der Waals surface area contributed by atoms with Crippen molar-refractivity contribution < 1.29 is 23.7 Å². The second kappa shape index (κ2) is 9.23. The Hall–Kier alpha value is -4.65. The number of imidazole rings is 1. The number of carbonyl (C=O) groups is 1. The van der Waals surface area contributed by atoms with Crippen LogP contribution in [-0.4, -0.2) is 48.4 Å². The Kier molecular flexibility index (Phi) is 6.04. The van der Waals surface area contributed by atoms with Crippen LogP contribution in [0.1, 0.15) is 5.56 Å². The molecule has 0 fully saturated rings. The molecule has 0 atom stereocenters. The van der Waals surface area contributed by atoms with E-state index in [2.05, 4.69) is 21.5 Å². The first-order valence-electron chi connectivity index (χ1n) is 9.87. The van der Waals surface area contributed by atoms with Crippen molar-refractivity contribution in [1.82, 2.24) is 14.6 Å². The predicted molar refractivity (Wildman–Crippen MR) is 120 cm³/mol. The summed E-state index contributed by atoms with van der Waals surface area (Å²) in [6.07, 6.45) is 1.51. The highest BCUT2D eigenvalue weighted by Gasteiger charge is 2.23. The Bertz CT molecular complexity index is 1310. The van der Waals surface area contributed by atoms with Crippen molar-refractivity contribution in [2.75, 3.05) is 33.3 Å². The fourth-order valence-corrected chi connectivity index (χ4v) is 3.37. The molecule has 0 bridgehead atoms. The van der Waals surface area contributed by atoms with Gasteiger partial charge in [-0.15, -0.1) is 0 Å². The van der Waals surface area contributed by atoms with E-state index >= 15 is 0 Å². The molecule has 0 saturated heterocycles. The fourth-order valence-electron chi connectivity index (χ4n) is 3.37. The van der Waals surface area contributed by atoms with Gasteiger partial charge in [0, 0.05) is 11.8 Å². The third-order valence-corrected chi connectivity index (χ3v) is 4.89. The van der Waals surface area contributed by atoms with Crippen LogP contribution in [-0.2, 0) is 4.79 Å². The first-order valence-corrected chi connectivity index (χ1v) is 9.87. The Morgan fingerprint density at radius 2 is 1.82 bits per heavy atom. The van der Waals surface area contributed by atoms with Gasteiger partial charge in [0.25, 0.3) is 5.91 Å². The first kappa shape index (κ1) is 21.6. The maximum absolute atomic E-state index is 12.7. The number of rotatable bonds is 8. The molecule has 10 nitrogen and oxygen atoms in total. The van der Waals surface area contributed by atoms with Crippen LogP contribution in [0.4, 0.5) is 5.82 Å². The number of para-hydroxylation sites is 1. The molecule has 2 aromatic heterocycles. The summed E-state index contributed by atoms with van der Waals surface area (Å²) in [5.41, 5.74) is 1.68. The Labute approximate surface area is 189 Å². The molecule has 2 N–H and O–H groups in total. The molecular weight excluding hydrogens is 426 g/mol. The van der Waals surface area contributed by atoms with Crippen LogP contribution >= 0.6 is 0 Å². The number of nitrogens with zero attached hydrogens (tertiary/aromatic N) is 3. The number of carbonyl (C=O) groups excluding carboxylic acids is 1. The predicted octanol–water partition coefficient (Wildman–Crippen LogP) is 3.24. The third kappa shape index (κ3) is 4.12. The molecule has 33 heavy (non-hydrogen) atoms. The van der Waals surface area contributed by atoms with E-state index in [1.165, 1.54) is 32.0 Å². The van der Waals surface area contributed by atoms with Crippen LogP contribution in [0.3, 0.4) is 0 Å². The van der Waals surface area contributed by atoms with E-state index < -0.39 is 5.91 Å². The van der Waals surface area contributed by atoms with Gasteiger partial charge in [-0.3, -0.25) is 9.89 Å². The lowest BCUT2D eigenvalue weighted by atomic mass is 10.1. The maximum atomic E-state index is 12.7. The van der Waals surface area contributed by atoms with Crippen molar-refractivity contribution in [3.63, 3.8) is 0 Å². The zero-order chi connectivity index (χ0) is 23.4. The molecule has 0 radical (unpaired) electrons. The molecular formula is C23H21N5O5. The van der Waals surface area contributed by atoms with Crippen LogP contribution in [0, 0.1) is 11.3 Å². The monoisotopic (exact) mass is 447 g/mol. The molecule has 0 saturated carbocycles. The Morgan fingerprint density at radius 3 is 2.42 bits per heavy atom. The molecule has 0 aliphatic rings. The van der Waals surface area contributed by atoms with E-state index in [1.807, 2.05) is 18.2 Å². The minimum absolute atomic E-state index is 0.211. The Balaban J connectivity index is 1.75. The number of H-pyrrole nitrogens is 1. The molecule has 10 heteroatoms. The lowest BCUT2D eigenvalue weighted by molar-refractivity contribution is -0.118. The van der Waals surface area contributed by atoms with Gasteiger partial charge in [0.15, 0.2) is 29.6 Å². The second-order valence-corrected chi connectivity index (χ2v) is 6.83. The summed E-state index contributed by atoms with van der Waals surface area (Å²) in [5, 5.41) is 15.2. The number of methoxy groups -OCH3 is 3. The van der Waals surface area contributed by atoms with Crippen LogP contribution in [0.5, 0.6) is 23.0 Å². The number of benzene rings is 2. The second-order valence-electron chi connectivity index (χ2n) is 6.83. The average molecular weight is 447 g/mol.